The molecule has 0 saturated carbocycles. The lowest BCUT2D eigenvalue weighted by Gasteiger charge is -2.30. The van der Waals surface area contributed by atoms with Crippen LogP contribution in [0.4, 0.5) is 11.4 Å². The highest BCUT2D eigenvalue weighted by Crippen LogP contribution is 2.44. The van der Waals surface area contributed by atoms with Crippen LogP contribution in [0.15, 0.2) is 74.8 Å². The molecule has 1 saturated heterocycles. The number of aliphatic hydroxyl groups is 1. The van der Waals surface area contributed by atoms with Crippen LogP contribution in [0, 0.1) is 6.92 Å². The van der Waals surface area contributed by atoms with Gasteiger partial charge in [0.2, 0.25) is 5.78 Å². The van der Waals surface area contributed by atoms with Gasteiger partial charge in [-0.1, -0.05) is 11.6 Å². The van der Waals surface area contributed by atoms with Crippen molar-refractivity contribution in [1.29, 1.82) is 0 Å². The molecule has 0 spiro atoms. The van der Waals surface area contributed by atoms with Crippen molar-refractivity contribution in [3.63, 3.8) is 0 Å². The number of carbonyl (C=O) groups is 2. The molecule has 39 heavy (non-hydrogen) atoms. The number of nitrogens with zero attached hydrogens (tertiary/aromatic N) is 2. The number of aliphatic hydroxyl groups excluding tert-OH is 1. The zero-order chi connectivity index (χ0) is 27.3. The van der Waals surface area contributed by atoms with Gasteiger partial charge in [-0.3, -0.25) is 14.5 Å². The van der Waals surface area contributed by atoms with Gasteiger partial charge in [0.15, 0.2) is 22.9 Å². The van der Waals surface area contributed by atoms with Crippen LogP contribution in [0.1, 0.15) is 47.4 Å². The summed E-state index contributed by atoms with van der Waals surface area (Å²) < 4.78 is 17.1. The average Bonchev–Trinajstić information content (AvgIpc) is 3.64. The predicted octanol–water partition coefficient (Wildman–Crippen LogP) is 6.77. The molecule has 6 rings (SSSR count). The lowest BCUT2D eigenvalue weighted by atomic mass is 9.99. The molecule has 9 heteroatoms. The van der Waals surface area contributed by atoms with Gasteiger partial charge in [0.05, 0.1) is 12.7 Å². The number of halogens is 1. The fourth-order valence-corrected chi connectivity index (χ4v) is 5.65. The number of carbonyl (C=O) groups excluding carboxylic acids is 2. The minimum Gasteiger partial charge on any atom is -0.503 e. The van der Waals surface area contributed by atoms with Gasteiger partial charge < -0.3 is 23.6 Å². The van der Waals surface area contributed by atoms with Gasteiger partial charge in [-0.25, -0.2) is 0 Å². The van der Waals surface area contributed by atoms with E-state index in [-0.39, 0.29) is 11.3 Å². The first kappa shape index (κ1) is 25.1. The molecular formula is C30H27ClN2O6. The van der Waals surface area contributed by atoms with Gasteiger partial charge in [-0.15, -0.1) is 0 Å². The summed E-state index contributed by atoms with van der Waals surface area (Å²) in [6.07, 6.45) is 3.53. The zero-order valence-electron chi connectivity index (χ0n) is 21.6. The van der Waals surface area contributed by atoms with Crippen LogP contribution in [0.3, 0.4) is 0 Å². The Hall–Kier alpha value is -4.17. The van der Waals surface area contributed by atoms with E-state index < -0.39 is 23.5 Å². The first-order valence-electron chi connectivity index (χ1n) is 12.9. The number of anilines is 2. The van der Waals surface area contributed by atoms with Gasteiger partial charge in [-0.2, -0.15) is 0 Å². The van der Waals surface area contributed by atoms with E-state index in [9.17, 15) is 14.7 Å². The Morgan fingerprint density at radius 2 is 1.72 bits per heavy atom. The number of Topliss-reactive ketones (excluding diaryl/α,β-unsaturated/α-hetero) is 1. The molecule has 0 radical (unpaired) electrons. The third-order valence-electron chi connectivity index (χ3n) is 7.32. The molecule has 2 aliphatic rings. The first-order valence-corrected chi connectivity index (χ1v) is 13.2. The summed E-state index contributed by atoms with van der Waals surface area (Å²) in [6.45, 7) is 3.76. The quantitative estimate of drug-likeness (QED) is 0.266. The topological polar surface area (TPSA) is 96.4 Å². The Morgan fingerprint density at radius 3 is 2.38 bits per heavy atom. The van der Waals surface area contributed by atoms with Crippen molar-refractivity contribution >= 4 is 45.6 Å². The standard InChI is InChI=1S/C30H27ClN2O6/c1-17-6-11-22(38-17)26-25(27(34)23-15-18-14-19(31)16-24(37-2)29(18)39-23)28(35)30(36)33(26)21-9-7-20(8-10-21)32-12-4-3-5-13-32/h6-11,14-16,26,35H,3-5,12-13H2,1-2H3. The summed E-state index contributed by atoms with van der Waals surface area (Å²) in [4.78, 5) is 31.1. The number of piperidine rings is 1. The van der Waals surface area contributed by atoms with Gasteiger partial charge in [-0.05, 0) is 74.7 Å². The van der Waals surface area contributed by atoms with E-state index in [2.05, 4.69) is 4.90 Å². The second-order valence-corrected chi connectivity index (χ2v) is 10.3. The normalized spacial score (nSPS) is 17.9. The molecule has 0 aliphatic carbocycles. The molecule has 2 aliphatic heterocycles. The number of fused-ring (bicyclic) bond motifs is 1. The molecule has 2 aromatic carbocycles. The van der Waals surface area contributed by atoms with Crippen molar-refractivity contribution in [3.05, 3.63) is 88.2 Å². The first-order chi connectivity index (χ1) is 18.9. The number of aryl methyl sites for hydroxylation is 1. The van der Waals surface area contributed by atoms with Gasteiger partial charge in [0.1, 0.15) is 17.6 Å². The van der Waals surface area contributed by atoms with Crippen LogP contribution in [-0.4, -0.2) is 37.0 Å². The van der Waals surface area contributed by atoms with Crippen LogP contribution in [0.2, 0.25) is 5.02 Å². The molecule has 4 heterocycles. The number of ketones is 1. The van der Waals surface area contributed by atoms with Gasteiger partial charge >= 0.3 is 0 Å². The second-order valence-electron chi connectivity index (χ2n) is 9.82. The number of hydrogen-bond acceptors (Lipinski definition) is 7. The van der Waals surface area contributed by atoms with Crippen molar-refractivity contribution in [2.24, 2.45) is 0 Å². The number of furan rings is 2. The maximum absolute atomic E-state index is 13.9. The minimum atomic E-state index is -0.988. The highest BCUT2D eigenvalue weighted by Gasteiger charge is 2.47. The Kier molecular flexibility index (Phi) is 6.35. The van der Waals surface area contributed by atoms with E-state index in [1.54, 1.807) is 31.2 Å². The van der Waals surface area contributed by atoms with E-state index in [0.29, 0.717) is 38.9 Å². The highest BCUT2D eigenvalue weighted by atomic mass is 35.5. The molecule has 8 nitrogen and oxygen atoms in total. The highest BCUT2D eigenvalue weighted by molar-refractivity contribution is 6.31. The number of benzene rings is 2. The zero-order valence-corrected chi connectivity index (χ0v) is 22.3. The number of methoxy groups -OCH3 is 1. The molecule has 4 aromatic rings. The largest absolute Gasteiger partial charge is 0.503 e. The lowest BCUT2D eigenvalue weighted by Crippen LogP contribution is -2.31. The summed E-state index contributed by atoms with van der Waals surface area (Å²) in [7, 11) is 1.48. The number of rotatable bonds is 6. The Labute approximate surface area is 230 Å². The van der Waals surface area contributed by atoms with Crippen LogP contribution in [0.5, 0.6) is 5.75 Å². The number of ether oxygens (including phenoxy) is 1. The van der Waals surface area contributed by atoms with Crippen LogP contribution in [0.25, 0.3) is 11.0 Å². The second kappa shape index (κ2) is 9.85. The third kappa shape index (κ3) is 4.34. The Balaban J connectivity index is 1.41. The molecule has 1 atom stereocenters. The smallest absolute Gasteiger partial charge is 0.294 e. The maximum atomic E-state index is 13.9. The van der Waals surface area contributed by atoms with E-state index in [1.807, 2.05) is 24.3 Å². The predicted molar refractivity (Wildman–Crippen MR) is 148 cm³/mol. The van der Waals surface area contributed by atoms with Crippen molar-refractivity contribution in [2.75, 3.05) is 30.0 Å². The van der Waals surface area contributed by atoms with Crippen molar-refractivity contribution < 1.29 is 28.3 Å². The summed E-state index contributed by atoms with van der Waals surface area (Å²) in [5, 5.41) is 12.0. The van der Waals surface area contributed by atoms with E-state index >= 15 is 0 Å². The van der Waals surface area contributed by atoms with Gasteiger partial charge in [0, 0.05) is 40.9 Å². The molecule has 200 valence electrons. The SMILES string of the molecule is COc1cc(Cl)cc2cc(C(=O)C3=C(O)C(=O)N(c4ccc(N5CCCCC5)cc4)C3c3ccc(C)o3)oc12. The van der Waals surface area contributed by atoms with Crippen LogP contribution < -0.4 is 14.5 Å². The summed E-state index contributed by atoms with van der Waals surface area (Å²) in [5.41, 5.74) is 1.81. The van der Waals surface area contributed by atoms with E-state index in [4.69, 9.17) is 25.2 Å². The fraction of sp³-hybridized carbons (Fsp3) is 0.267. The summed E-state index contributed by atoms with van der Waals surface area (Å²) >= 11 is 6.19. The number of hydrogen-bond donors (Lipinski definition) is 1. The van der Waals surface area contributed by atoms with Crippen molar-refractivity contribution in [1.82, 2.24) is 0 Å². The summed E-state index contributed by atoms with van der Waals surface area (Å²) in [5.74, 6) is -0.711. The average molecular weight is 547 g/mol. The van der Waals surface area contributed by atoms with E-state index in [0.717, 1.165) is 31.6 Å². The van der Waals surface area contributed by atoms with Gasteiger partial charge in [0.25, 0.3) is 5.91 Å². The Bertz CT molecular complexity index is 1610. The monoisotopic (exact) mass is 546 g/mol. The lowest BCUT2D eigenvalue weighted by molar-refractivity contribution is -0.117. The third-order valence-corrected chi connectivity index (χ3v) is 7.54. The molecule has 1 fully saturated rings. The fourth-order valence-electron chi connectivity index (χ4n) is 5.43. The molecule has 1 unspecified atom stereocenters. The van der Waals surface area contributed by atoms with Crippen molar-refractivity contribution in [2.45, 2.75) is 32.2 Å². The molecular weight excluding hydrogens is 520 g/mol. The van der Waals surface area contributed by atoms with Crippen LogP contribution >= 0.6 is 11.6 Å². The molecule has 1 N–H and O–H groups in total. The maximum Gasteiger partial charge on any atom is 0.294 e. The Morgan fingerprint density at radius 1 is 1.00 bits per heavy atom. The number of amides is 1. The minimum absolute atomic E-state index is 0.0597. The molecule has 1 amide bonds. The van der Waals surface area contributed by atoms with Crippen LogP contribution in [-0.2, 0) is 4.79 Å². The van der Waals surface area contributed by atoms with E-state index in [1.165, 1.54) is 24.5 Å². The molecule has 0 bridgehead atoms. The summed E-state index contributed by atoms with van der Waals surface area (Å²) in [6, 6.07) is 14.8. The molecule has 2 aromatic heterocycles. The van der Waals surface area contributed by atoms with Crippen molar-refractivity contribution in [3.8, 4) is 5.75 Å².